The van der Waals surface area contributed by atoms with Crippen LogP contribution in [0.2, 0.25) is 0 Å². The van der Waals surface area contributed by atoms with E-state index in [0.29, 0.717) is 0 Å². The zero-order valence-corrected chi connectivity index (χ0v) is 8.85. The highest BCUT2D eigenvalue weighted by molar-refractivity contribution is 5.83. The van der Waals surface area contributed by atoms with Gasteiger partial charge in [0.25, 0.3) is 0 Å². The van der Waals surface area contributed by atoms with Crippen LogP contribution in [0.5, 0.6) is 0 Å². The highest BCUT2D eigenvalue weighted by Crippen LogP contribution is 1.95. The second-order valence-corrected chi connectivity index (χ2v) is 3.57. The lowest BCUT2D eigenvalue weighted by Crippen LogP contribution is -2.23. The van der Waals surface area contributed by atoms with Crippen LogP contribution in [0.4, 0.5) is 0 Å². The molecule has 1 N–H and O–H groups in total. The number of aliphatic imine (C=N–C) groups is 1. The van der Waals surface area contributed by atoms with E-state index in [1.165, 1.54) is 12.1 Å². The van der Waals surface area contributed by atoms with E-state index in [1.54, 1.807) is 0 Å². The molecule has 0 aliphatic rings. The molecule has 0 aliphatic carbocycles. The summed E-state index contributed by atoms with van der Waals surface area (Å²) < 4.78 is 0. The second-order valence-electron chi connectivity index (χ2n) is 3.57. The first-order chi connectivity index (χ1) is 5.66. The van der Waals surface area contributed by atoms with Gasteiger partial charge in [-0.25, -0.2) is 0 Å². The minimum atomic E-state index is 0.793. The topological polar surface area (TPSA) is 24.4 Å². The molecule has 0 unspecified atom stereocenters. The monoisotopic (exact) mass is 170 g/mol. The van der Waals surface area contributed by atoms with Crippen LogP contribution in [0.1, 0.15) is 34.1 Å². The van der Waals surface area contributed by atoms with E-state index in [-0.39, 0.29) is 0 Å². The fourth-order valence-electron chi connectivity index (χ4n) is 0.986. The highest BCUT2D eigenvalue weighted by Gasteiger charge is 1.93. The van der Waals surface area contributed by atoms with Gasteiger partial charge in [-0.15, -0.1) is 0 Å². The summed E-state index contributed by atoms with van der Waals surface area (Å²) in [4.78, 5) is 4.30. The van der Waals surface area contributed by atoms with Crippen molar-refractivity contribution in [2.45, 2.75) is 34.1 Å². The molecule has 0 heterocycles. The smallest absolute Gasteiger partial charge is 0.0360 e. The summed E-state index contributed by atoms with van der Waals surface area (Å²) in [5, 5.41) is 3.37. The van der Waals surface area contributed by atoms with Gasteiger partial charge in [0.2, 0.25) is 0 Å². The predicted octanol–water partition coefficient (Wildman–Crippen LogP) is 2.10. The van der Waals surface area contributed by atoms with Gasteiger partial charge in [0.15, 0.2) is 0 Å². The molecule has 0 aromatic carbocycles. The lowest BCUT2D eigenvalue weighted by atomic mass is 10.1. The maximum atomic E-state index is 4.30. The summed E-state index contributed by atoms with van der Waals surface area (Å²) in [7, 11) is 0. The average Bonchev–Trinajstić information content (AvgIpc) is 1.98. The number of hydrogen-bond donors (Lipinski definition) is 1. The van der Waals surface area contributed by atoms with Crippen molar-refractivity contribution in [3.8, 4) is 0 Å². The Hall–Kier alpha value is -0.370. The standard InChI is InChI=1S/C10H22N2/c1-5-12-10(4)8-11-7-6-9(2)3/h9,11H,5-8H2,1-4H3. The van der Waals surface area contributed by atoms with Crippen molar-refractivity contribution < 1.29 is 0 Å². The molecule has 0 fully saturated rings. The van der Waals surface area contributed by atoms with E-state index >= 15 is 0 Å². The van der Waals surface area contributed by atoms with Crippen molar-refractivity contribution in [1.29, 1.82) is 0 Å². The first-order valence-electron chi connectivity index (χ1n) is 4.87. The molecule has 72 valence electrons. The van der Waals surface area contributed by atoms with Crippen molar-refractivity contribution >= 4 is 5.71 Å². The number of rotatable bonds is 6. The van der Waals surface area contributed by atoms with Crippen LogP contribution >= 0.6 is 0 Å². The predicted molar refractivity (Wildman–Crippen MR) is 56.0 cm³/mol. The van der Waals surface area contributed by atoms with Crippen molar-refractivity contribution in [2.75, 3.05) is 19.6 Å². The zero-order chi connectivity index (χ0) is 9.40. The Morgan fingerprint density at radius 3 is 2.58 bits per heavy atom. The van der Waals surface area contributed by atoms with Gasteiger partial charge in [0.05, 0.1) is 0 Å². The third-order valence-corrected chi connectivity index (χ3v) is 1.71. The van der Waals surface area contributed by atoms with Crippen LogP contribution in [0, 0.1) is 5.92 Å². The summed E-state index contributed by atoms with van der Waals surface area (Å²) >= 11 is 0. The second kappa shape index (κ2) is 7.29. The molecule has 0 aliphatic heterocycles. The van der Waals surface area contributed by atoms with E-state index in [1.807, 2.05) is 0 Å². The summed E-state index contributed by atoms with van der Waals surface area (Å²) in [6, 6.07) is 0. The Morgan fingerprint density at radius 1 is 1.42 bits per heavy atom. The van der Waals surface area contributed by atoms with Crippen molar-refractivity contribution in [1.82, 2.24) is 5.32 Å². The Balaban J connectivity index is 3.25. The minimum absolute atomic E-state index is 0.793. The lowest BCUT2D eigenvalue weighted by molar-refractivity contribution is 0.555. The normalized spacial score (nSPS) is 12.6. The van der Waals surface area contributed by atoms with Crippen molar-refractivity contribution in [3.63, 3.8) is 0 Å². The summed E-state index contributed by atoms with van der Waals surface area (Å²) in [5.74, 6) is 0.793. The third-order valence-electron chi connectivity index (χ3n) is 1.71. The first-order valence-corrected chi connectivity index (χ1v) is 4.87. The molecule has 0 bridgehead atoms. The van der Waals surface area contributed by atoms with Gasteiger partial charge in [-0.3, -0.25) is 4.99 Å². The Morgan fingerprint density at radius 2 is 2.08 bits per heavy atom. The van der Waals surface area contributed by atoms with Crippen molar-refractivity contribution in [3.05, 3.63) is 0 Å². The molecule has 2 heteroatoms. The summed E-state index contributed by atoms with van der Waals surface area (Å²) in [6.07, 6.45) is 1.25. The maximum absolute atomic E-state index is 4.30. The molecule has 0 spiro atoms. The maximum Gasteiger partial charge on any atom is 0.0360 e. The van der Waals surface area contributed by atoms with E-state index < -0.39 is 0 Å². The highest BCUT2D eigenvalue weighted by atomic mass is 14.9. The molecule has 0 aromatic rings. The van der Waals surface area contributed by atoms with E-state index in [0.717, 1.165) is 25.6 Å². The molecule has 0 saturated heterocycles. The molecule has 2 nitrogen and oxygen atoms in total. The fraction of sp³-hybridized carbons (Fsp3) is 0.900. The van der Waals surface area contributed by atoms with Gasteiger partial charge in [0, 0.05) is 18.8 Å². The van der Waals surface area contributed by atoms with Crippen LogP contribution in [-0.4, -0.2) is 25.3 Å². The largest absolute Gasteiger partial charge is 0.311 e. The molecule has 0 amide bonds. The van der Waals surface area contributed by atoms with Gasteiger partial charge in [-0.1, -0.05) is 13.8 Å². The van der Waals surface area contributed by atoms with Crippen LogP contribution in [0.25, 0.3) is 0 Å². The number of nitrogens with zero attached hydrogens (tertiary/aromatic N) is 1. The zero-order valence-electron chi connectivity index (χ0n) is 8.85. The van der Waals surface area contributed by atoms with Gasteiger partial charge < -0.3 is 5.32 Å². The van der Waals surface area contributed by atoms with Gasteiger partial charge in [-0.2, -0.15) is 0 Å². The molecular weight excluding hydrogens is 148 g/mol. The lowest BCUT2D eigenvalue weighted by Gasteiger charge is -2.06. The fourth-order valence-corrected chi connectivity index (χ4v) is 0.986. The van der Waals surface area contributed by atoms with Crippen LogP contribution in [-0.2, 0) is 0 Å². The van der Waals surface area contributed by atoms with E-state index in [9.17, 15) is 0 Å². The molecular formula is C10H22N2. The number of nitrogens with one attached hydrogen (secondary N) is 1. The van der Waals surface area contributed by atoms with Crippen molar-refractivity contribution in [2.24, 2.45) is 10.9 Å². The van der Waals surface area contributed by atoms with Gasteiger partial charge >= 0.3 is 0 Å². The number of hydrogen-bond acceptors (Lipinski definition) is 2. The quantitative estimate of drug-likeness (QED) is 0.479. The molecule has 0 atom stereocenters. The van der Waals surface area contributed by atoms with Crippen LogP contribution in [0.15, 0.2) is 4.99 Å². The Bertz CT molecular complexity index is 128. The van der Waals surface area contributed by atoms with Gasteiger partial charge in [-0.05, 0) is 32.7 Å². The van der Waals surface area contributed by atoms with Crippen LogP contribution in [0.3, 0.4) is 0 Å². The summed E-state index contributed by atoms with van der Waals surface area (Å²) in [6.45, 7) is 11.6. The first kappa shape index (κ1) is 11.6. The van der Waals surface area contributed by atoms with E-state index in [4.69, 9.17) is 0 Å². The summed E-state index contributed by atoms with van der Waals surface area (Å²) in [5.41, 5.74) is 1.21. The molecule has 0 saturated carbocycles. The average molecular weight is 170 g/mol. The Kier molecular flexibility index (Phi) is 7.06. The van der Waals surface area contributed by atoms with Gasteiger partial charge in [0.1, 0.15) is 0 Å². The molecule has 0 radical (unpaired) electrons. The van der Waals surface area contributed by atoms with Crippen LogP contribution < -0.4 is 5.32 Å². The minimum Gasteiger partial charge on any atom is -0.311 e. The SMILES string of the molecule is CCN=C(C)CNCCC(C)C. The molecule has 12 heavy (non-hydrogen) atoms. The molecule has 0 rings (SSSR count). The third kappa shape index (κ3) is 7.73. The molecule has 0 aromatic heterocycles. The Labute approximate surface area is 76.5 Å². The van der Waals surface area contributed by atoms with E-state index in [2.05, 4.69) is 38.0 Å².